The quantitative estimate of drug-likeness (QED) is 0.334. The van der Waals surface area contributed by atoms with Crippen LogP contribution in [0, 0.1) is 5.92 Å². The molecule has 2 aromatic carbocycles. The van der Waals surface area contributed by atoms with Crippen LogP contribution in [0.25, 0.3) is 0 Å². The molecule has 2 aromatic rings. The molecule has 0 aliphatic rings. The highest BCUT2D eigenvalue weighted by Gasteiger charge is 2.30. The van der Waals surface area contributed by atoms with Crippen molar-refractivity contribution in [1.82, 2.24) is 10.6 Å². The third kappa shape index (κ3) is 7.80. The van der Waals surface area contributed by atoms with E-state index >= 15 is 0 Å². The highest BCUT2D eigenvalue weighted by atomic mass is 16.5. The van der Waals surface area contributed by atoms with Crippen molar-refractivity contribution >= 4 is 17.8 Å². The second-order valence-corrected chi connectivity index (χ2v) is 8.16. The Kier molecular flexibility index (Phi) is 9.23. The summed E-state index contributed by atoms with van der Waals surface area (Å²) in [6.07, 6.45) is 0.377. The molecule has 0 saturated carbocycles. The minimum atomic E-state index is -0.976. The number of rotatable bonds is 10. The van der Waals surface area contributed by atoms with Gasteiger partial charge in [-0.15, -0.1) is 0 Å². The average molecular weight is 458 g/mol. The first kappa shape index (κ1) is 25.7. The van der Waals surface area contributed by atoms with Crippen LogP contribution in [0.5, 0.6) is 11.5 Å². The summed E-state index contributed by atoms with van der Waals surface area (Å²) in [6, 6.07) is 9.79. The van der Waals surface area contributed by atoms with Gasteiger partial charge in [0.1, 0.15) is 23.6 Å². The molecule has 0 radical (unpaired) electrons. The van der Waals surface area contributed by atoms with Crippen LogP contribution in [0.2, 0.25) is 0 Å². The third-order valence-corrected chi connectivity index (χ3v) is 5.15. The topological polar surface area (TPSA) is 151 Å². The number of carbonyl (C=O) groups is 3. The number of phenolic OH excluding ortho intramolecular Hbond substituents is 2. The summed E-state index contributed by atoms with van der Waals surface area (Å²) >= 11 is 0. The summed E-state index contributed by atoms with van der Waals surface area (Å²) in [5, 5.41) is 24.1. The molecule has 33 heavy (non-hydrogen) atoms. The number of hydrogen-bond donors (Lipinski definition) is 5. The summed E-state index contributed by atoms with van der Waals surface area (Å²) in [7, 11) is 1.22. The number of methoxy groups -OCH3 is 1. The van der Waals surface area contributed by atoms with Gasteiger partial charge >= 0.3 is 5.97 Å². The zero-order chi connectivity index (χ0) is 24.5. The Morgan fingerprint density at radius 1 is 0.848 bits per heavy atom. The second kappa shape index (κ2) is 11.9. The van der Waals surface area contributed by atoms with Gasteiger partial charge in [-0.1, -0.05) is 38.1 Å². The summed E-state index contributed by atoms with van der Waals surface area (Å²) < 4.78 is 4.82. The minimum Gasteiger partial charge on any atom is -0.508 e. The Hall–Kier alpha value is -3.59. The summed E-state index contributed by atoms with van der Waals surface area (Å²) in [6.45, 7) is 3.53. The van der Waals surface area contributed by atoms with Crippen molar-refractivity contribution in [3.63, 3.8) is 0 Å². The molecule has 9 heteroatoms. The van der Waals surface area contributed by atoms with Gasteiger partial charge in [0, 0.05) is 6.42 Å². The Morgan fingerprint density at radius 3 is 1.79 bits per heavy atom. The molecule has 9 nitrogen and oxygen atoms in total. The van der Waals surface area contributed by atoms with Crippen molar-refractivity contribution in [1.29, 1.82) is 0 Å². The van der Waals surface area contributed by atoms with Gasteiger partial charge in [-0.05, 0) is 47.7 Å². The maximum atomic E-state index is 13.0. The molecule has 0 bridgehead atoms. The zero-order valence-corrected chi connectivity index (χ0v) is 18.9. The lowest BCUT2D eigenvalue weighted by Crippen LogP contribution is -2.57. The fourth-order valence-electron chi connectivity index (χ4n) is 3.24. The van der Waals surface area contributed by atoms with Crippen molar-refractivity contribution < 1.29 is 29.3 Å². The standard InChI is InChI=1S/C24H31N3O6/c1-14(2)21(27-22(30)19(25)12-15-4-8-17(28)9-5-15)23(31)26-20(24(32)33-3)13-16-6-10-18(29)11-7-16/h4-11,14,19-21,28-29H,12-13,25H2,1-3H3,(H,26,31)(H,27,30)/t19-,20-,21-/m0/s1. The van der Waals surface area contributed by atoms with E-state index in [0.717, 1.165) is 5.56 Å². The van der Waals surface area contributed by atoms with E-state index < -0.39 is 35.9 Å². The molecule has 0 heterocycles. The summed E-state index contributed by atoms with van der Waals surface area (Å²) in [4.78, 5) is 37.9. The molecule has 2 rings (SSSR count). The molecule has 0 fully saturated rings. The first-order chi connectivity index (χ1) is 15.6. The molecular weight excluding hydrogens is 426 g/mol. The van der Waals surface area contributed by atoms with E-state index in [0.29, 0.717) is 5.56 Å². The fourth-order valence-corrected chi connectivity index (χ4v) is 3.24. The predicted molar refractivity (Wildman–Crippen MR) is 122 cm³/mol. The van der Waals surface area contributed by atoms with Crippen molar-refractivity contribution in [2.45, 2.75) is 44.8 Å². The Labute approximate surface area is 192 Å². The number of benzene rings is 2. The van der Waals surface area contributed by atoms with Gasteiger partial charge < -0.3 is 31.3 Å². The number of nitrogens with two attached hydrogens (primary N) is 1. The number of phenols is 2. The van der Waals surface area contributed by atoms with E-state index in [-0.39, 0.29) is 30.3 Å². The lowest BCUT2D eigenvalue weighted by molar-refractivity contribution is -0.145. The highest BCUT2D eigenvalue weighted by Crippen LogP contribution is 2.13. The van der Waals surface area contributed by atoms with Gasteiger partial charge in [-0.2, -0.15) is 0 Å². The lowest BCUT2D eigenvalue weighted by Gasteiger charge is -2.26. The first-order valence-electron chi connectivity index (χ1n) is 10.6. The van der Waals surface area contributed by atoms with E-state index in [4.69, 9.17) is 10.5 Å². The van der Waals surface area contributed by atoms with Gasteiger partial charge in [0.2, 0.25) is 11.8 Å². The SMILES string of the molecule is COC(=O)[C@H](Cc1ccc(O)cc1)NC(=O)[C@@H](NC(=O)[C@@H](N)Cc1ccc(O)cc1)C(C)C. The van der Waals surface area contributed by atoms with Crippen molar-refractivity contribution in [3.05, 3.63) is 59.7 Å². The average Bonchev–Trinajstić information content (AvgIpc) is 2.78. The van der Waals surface area contributed by atoms with Crippen LogP contribution < -0.4 is 16.4 Å². The van der Waals surface area contributed by atoms with E-state index in [1.807, 2.05) is 0 Å². The maximum Gasteiger partial charge on any atom is 0.328 e. The smallest absolute Gasteiger partial charge is 0.328 e. The number of carbonyl (C=O) groups excluding carboxylic acids is 3. The third-order valence-electron chi connectivity index (χ3n) is 5.15. The Bertz CT molecular complexity index is 944. The van der Waals surface area contributed by atoms with Gasteiger partial charge in [0.15, 0.2) is 0 Å². The predicted octanol–water partition coefficient (Wildman–Crippen LogP) is 1.01. The number of amides is 2. The van der Waals surface area contributed by atoms with E-state index in [9.17, 15) is 24.6 Å². The van der Waals surface area contributed by atoms with Crippen molar-refractivity contribution in [2.75, 3.05) is 7.11 Å². The molecule has 3 atom stereocenters. The molecule has 0 aliphatic carbocycles. The number of nitrogens with one attached hydrogen (secondary N) is 2. The molecule has 0 saturated heterocycles. The van der Waals surface area contributed by atoms with Crippen LogP contribution in [-0.2, 0) is 32.0 Å². The van der Waals surface area contributed by atoms with Crippen LogP contribution in [0.1, 0.15) is 25.0 Å². The maximum absolute atomic E-state index is 13.0. The van der Waals surface area contributed by atoms with Crippen LogP contribution in [-0.4, -0.2) is 53.2 Å². The van der Waals surface area contributed by atoms with Crippen molar-refractivity contribution in [3.8, 4) is 11.5 Å². The minimum absolute atomic E-state index is 0.0867. The number of esters is 1. The monoisotopic (exact) mass is 457 g/mol. The molecule has 0 spiro atoms. The summed E-state index contributed by atoms with van der Waals surface area (Å²) in [5.41, 5.74) is 7.50. The fraction of sp³-hybridized carbons (Fsp3) is 0.375. The van der Waals surface area contributed by atoms with Crippen LogP contribution in [0.3, 0.4) is 0 Å². The molecule has 178 valence electrons. The lowest BCUT2D eigenvalue weighted by atomic mass is 10.00. The normalized spacial score (nSPS) is 13.6. The number of ether oxygens (including phenoxy) is 1. The molecule has 6 N–H and O–H groups in total. The molecule has 2 amide bonds. The molecule has 0 unspecified atom stereocenters. The first-order valence-corrected chi connectivity index (χ1v) is 10.6. The largest absolute Gasteiger partial charge is 0.508 e. The Morgan fingerprint density at radius 2 is 1.33 bits per heavy atom. The number of hydrogen-bond acceptors (Lipinski definition) is 7. The summed E-state index contributed by atoms with van der Waals surface area (Å²) in [5.74, 6) is -1.75. The highest BCUT2D eigenvalue weighted by molar-refractivity contribution is 5.92. The van der Waals surface area contributed by atoms with Crippen molar-refractivity contribution in [2.24, 2.45) is 11.7 Å². The van der Waals surface area contributed by atoms with Gasteiger partial charge in [0.25, 0.3) is 0 Å². The molecule has 0 aliphatic heterocycles. The second-order valence-electron chi connectivity index (χ2n) is 8.16. The van der Waals surface area contributed by atoms with E-state index in [2.05, 4.69) is 10.6 Å². The van der Waals surface area contributed by atoms with Gasteiger partial charge in [0.05, 0.1) is 13.2 Å². The van der Waals surface area contributed by atoms with E-state index in [1.54, 1.807) is 38.1 Å². The van der Waals surface area contributed by atoms with E-state index in [1.165, 1.54) is 31.4 Å². The van der Waals surface area contributed by atoms with Gasteiger partial charge in [-0.3, -0.25) is 9.59 Å². The Balaban J connectivity index is 2.06. The van der Waals surface area contributed by atoms with Crippen LogP contribution in [0.15, 0.2) is 48.5 Å². The van der Waals surface area contributed by atoms with Gasteiger partial charge in [-0.25, -0.2) is 4.79 Å². The molecular formula is C24H31N3O6. The zero-order valence-electron chi connectivity index (χ0n) is 18.9. The van der Waals surface area contributed by atoms with Crippen LogP contribution in [0.4, 0.5) is 0 Å². The number of aromatic hydroxyl groups is 2. The van der Waals surface area contributed by atoms with Crippen LogP contribution >= 0.6 is 0 Å². The molecule has 0 aromatic heterocycles.